The van der Waals surface area contributed by atoms with Gasteiger partial charge in [-0.1, -0.05) is 20.8 Å². The topological polar surface area (TPSA) is 94.8 Å². The highest BCUT2D eigenvalue weighted by Gasteiger charge is 2.65. The number of rotatable bonds is 4. The van der Waals surface area contributed by atoms with Gasteiger partial charge in [-0.3, -0.25) is 9.59 Å². The summed E-state index contributed by atoms with van der Waals surface area (Å²) < 4.78 is 0. The summed E-state index contributed by atoms with van der Waals surface area (Å²) in [6.07, 6.45) is 5.56. The maximum absolute atomic E-state index is 12.1. The number of carbonyl (C=O) groups is 2. The van der Waals surface area contributed by atoms with E-state index in [2.05, 4.69) is 20.8 Å². The van der Waals surface area contributed by atoms with Crippen LogP contribution in [0.15, 0.2) is 0 Å². The minimum Gasteiger partial charge on any atom is -0.481 e. The van der Waals surface area contributed by atoms with Gasteiger partial charge >= 0.3 is 5.97 Å². The van der Waals surface area contributed by atoms with Crippen molar-refractivity contribution in [3.63, 3.8) is 0 Å². The predicted octanol–water partition coefficient (Wildman–Crippen LogP) is 3.66. The fraction of sp³-hybridized carbons (Fsp3) is 0.917. The van der Waals surface area contributed by atoms with Gasteiger partial charge in [0.1, 0.15) is 5.78 Å². The Morgan fingerprint density at radius 2 is 1.90 bits per heavy atom. The first-order valence-corrected chi connectivity index (χ1v) is 11.7. The SMILES string of the molecule is C[C@H](CCC(=O)O)[C@@H]1CC[C@H]2[C@H]3C(C[C@@H](O)[C@@]21C)[C@@]1(C)CCC(=O)C[C@H]1C[C@H]3O. The molecule has 5 nitrogen and oxygen atoms in total. The van der Waals surface area contributed by atoms with Crippen molar-refractivity contribution in [2.45, 2.75) is 90.8 Å². The number of hydrogen-bond donors (Lipinski definition) is 3. The van der Waals surface area contributed by atoms with E-state index in [9.17, 15) is 19.8 Å². The van der Waals surface area contributed by atoms with E-state index in [0.717, 1.165) is 19.3 Å². The molecule has 0 aromatic carbocycles. The van der Waals surface area contributed by atoms with Gasteiger partial charge in [0.15, 0.2) is 0 Å². The zero-order valence-corrected chi connectivity index (χ0v) is 18.1. The Hall–Kier alpha value is -0.940. The first-order chi connectivity index (χ1) is 13.6. The Morgan fingerprint density at radius 1 is 1.17 bits per heavy atom. The molecule has 1 unspecified atom stereocenters. The minimum absolute atomic E-state index is 0.0348. The standard InChI is InChI=1S/C24H38O5/c1-13(4-7-21(28)29)16-5-6-17-22-18(12-20(27)24(16,17)3)23(2)9-8-15(25)10-14(23)11-19(22)26/h13-14,16-20,22,26-27H,4-12H2,1-3H3,(H,28,29)/t13-,14+,16+,17+,18?,19-,20-,22+,23+,24-/m1/s1. The van der Waals surface area contributed by atoms with Gasteiger partial charge in [-0.25, -0.2) is 0 Å². The largest absolute Gasteiger partial charge is 0.481 e. The molecule has 4 saturated carbocycles. The fourth-order valence-electron chi connectivity index (χ4n) is 8.50. The molecule has 3 N–H and O–H groups in total. The maximum atomic E-state index is 12.1. The second-order valence-corrected chi connectivity index (χ2v) is 11.2. The molecule has 4 rings (SSSR count). The number of hydrogen-bond acceptors (Lipinski definition) is 4. The zero-order chi connectivity index (χ0) is 21.1. The van der Waals surface area contributed by atoms with E-state index in [1.807, 2.05) is 0 Å². The second-order valence-electron chi connectivity index (χ2n) is 11.2. The van der Waals surface area contributed by atoms with E-state index >= 15 is 0 Å². The van der Waals surface area contributed by atoms with Crippen molar-refractivity contribution in [1.29, 1.82) is 0 Å². The lowest BCUT2D eigenvalue weighted by atomic mass is 9.43. The highest BCUT2D eigenvalue weighted by Crippen LogP contribution is 2.68. The van der Waals surface area contributed by atoms with Gasteiger partial charge in [0, 0.05) is 19.3 Å². The van der Waals surface area contributed by atoms with E-state index in [4.69, 9.17) is 5.11 Å². The van der Waals surface area contributed by atoms with Crippen molar-refractivity contribution < 1.29 is 24.9 Å². The lowest BCUT2D eigenvalue weighted by Crippen LogP contribution is -2.62. The number of carboxylic acid groups (broad SMARTS) is 1. The van der Waals surface area contributed by atoms with Gasteiger partial charge < -0.3 is 15.3 Å². The molecule has 0 aliphatic heterocycles. The quantitative estimate of drug-likeness (QED) is 0.662. The third-order valence-electron chi connectivity index (χ3n) is 10.2. The number of aliphatic carboxylic acids is 1. The zero-order valence-electron chi connectivity index (χ0n) is 18.1. The summed E-state index contributed by atoms with van der Waals surface area (Å²) in [4.78, 5) is 23.1. The highest BCUT2D eigenvalue weighted by molar-refractivity contribution is 5.79. The van der Waals surface area contributed by atoms with Gasteiger partial charge in [-0.15, -0.1) is 0 Å². The average Bonchev–Trinajstić information content (AvgIpc) is 3.01. The summed E-state index contributed by atoms with van der Waals surface area (Å²) >= 11 is 0. The Kier molecular flexibility index (Phi) is 5.39. The molecular weight excluding hydrogens is 368 g/mol. The summed E-state index contributed by atoms with van der Waals surface area (Å²) in [7, 11) is 0. The first kappa shape index (κ1) is 21.3. The molecule has 0 saturated heterocycles. The lowest BCUT2D eigenvalue weighted by molar-refractivity contribution is -0.201. The number of aliphatic hydroxyl groups excluding tert-OH is 2. The van der Waals surface area contributed by atoms with E-state index in [1.165, 1.54) is 0 Å². The van der Waals surface area contributed by atoms with Crippen LogP contribution in [0.1, 0.15) is 78.6 Å². The van der Waals surface area contributed by atoms with Crippen LogP contribution in [0.2, 0.25) is 0 Å². The molecule has 10 atom stereocenters. The first-order valence-electron chi connectivity index (χ1n) is 11.7. The number of carboxylic acids is 1. The van der Waals surface area contributed by atoms with E-state index in [0.29, 0.717) is 43.8 Å². The molecule has 0 heterocycles. The lowest BCUT2D eigenvalue weighted by Gasteiger charge is -2.63. The third-order valence-corrected chi connectivity index (χ3v) is 10.2. The number of aliphatic hydroxyl groups is 2. The van der Waals surface area contributed by atoms with Crippen LogP contribution in [-0.4, -0.2) is 39.3 Å². The van der Waals surface area contributed by atoms with Crippen LogP contribution in [-0.2, 0) is 9.59 Å². The van der Waals surface area contributed by atoms with Crippen molar-refractivity contribution in [1.82, 2.24) is 0 Å². The van der Waals surface area contributed by atoms with Crippen LogP contribution in [0.4, 0.5) is 0 Å². The highest BCUT2D eigenvalue weighted by atomic mass is 16.4. The van der Waals surface area contributed by atoms with E-state index in [1.54, 1.807) is 0 Å². The maximum Gasteiger partial charge on any atom is 0.303 e. The van der Waals surface area contributed by atoms with Gasteiger partial charge in [0.2, 0.25) is 0 Å². The van der Waals surface area contributed by atoms with Crippen LogP contribution in [0.5, 0.6) is 0 Å². The fourth-order valence-corrected chi connectivity index (χ4v) is 8.50. The number of ketones is 1. The summed E-state index contributed by atoms with van der Waals surface area (Å²) in [6.45, 7) is 6.66. The van der Waals surface area contributed by atoms with Gasteiger partial charge in [0.25, 0.3) is 0 Å². The Bertz CT molecular complexity index is 676. The van der Waals surface area contributed by atoms with Crippen molar-refractivity contribution in [3.05, 3.63) is 0 Å². The molecule has 5 heteroatoms. The number of fused-ring (bicyclic) bond motifs is 5. The molecular formula is C24H38O5. The van der Waals surface area contributed by atoms with E-state index in [-0.39, 0.29) is 46.8 Å². The van der Waals surface area contributed by atoms with Gasteiger partial charge in [0.05, 0.1) is 12.2 Å². The molecule has 0 amide bonds. The predicted molar refractivity (Wildman–Crippen MR) is 109 cm³/mol. The third kappa shape index (κ3) is 3.18. The van der Waals surface area contributed by atoms with Gasteiger partial charge in [-0.2, -0.15) is 0 Å². The molecule has 0 aromatic rings. The molecule has 4 aliphatic carbocycles. The molecule has 29 heavy (non-hydrogen) atoms. The van der Waals surface area contributed by atoms with Crippen LogP contribution >= 0.6 is 0 Å². The van der Waals surface area contributed by atoms with Crippen molar-refractivity contribution in [2.24, 2.45) is 46.3 Å². The number of carbonyl (C=O) groups excluding carboxylic acids is 1. The minimum atomic E-state index is -0.755. The van der Waals surface area contributed by atoms with Crippen molar-refractivity contribution in [3.8, 4) is 0 Å². The number of Topliss-reactive ketones (excluding diaryl/α,β-unsaturated/α-hetero) is 1. The van der Waals surface area contributed by atoms with Crippen molar-refractivity contribution in [2.75, 3.05) is 0 Å². The normalized spacial score (nSPS) is 50.4. The molecule has 0 radical (unpaired) electrons. The Morgan fingerprint density at radius 3 is 2.59 bits per heavy atom. The summed E-state index contributed by atoms with van der Waals surface area (Å²) in [5.74, 6) is 1.10. The molecule has 164 valence electrons. The molecule has 0 bridgehead atoms. The van der Waals surface area contributed by atoms with Crippen LogP contribution in [0.3, 0.4) is 0 Å². The molecule has 0 spiro atoms. The second kappa shape index (κ2) is 7.33. The molecule has 0 aromatic heterocycles. The van der Waals surface area contributed by atoms with Crippen LogP contribution in [0.25, 0.3) is 0 Å². The summed E-state index contributed by atoms with van der Waals surface area (Å²) in [6, 6.07) is 0. The van der Waals surface area contributed by atoms with Crippen LogP contribution in [0, 0.1) is 46.3 Å². The van der Waals surface area contributed by atoms with Gasteiger partial charge in [-0.05, 0) is 84.9 Å². The van der Waals surface area contributed by atoms with Crippen LogP contribution < -0.4 is 0 Å². The monoisotopic (exact) mass is 406 g/mol. The van der Waals surface area contributed by atoms with Crippen molar-refractivity contribution >= 4 is 11.8 Å². The summed E-state index contributed by atoms with van der Waals surface area (Å²) in [5.41, 5.74) is -0.221. The Balaban J connectivity index is 1.61. The van der Waals surface area contributed by atoms with E-state index < -0.39 is 18.2 Å². The average molecular weight is 407 g/mol. The smallest absolute Gasteiger partial charge is 0.303 e. The summed E-state index contributed by atoms with van der Waals surface area (Å²) in [5, 5.41) is 31.8. The molecule has 4 aliphatic rings. The molecule has 4 fully saturated rings. The Labute approximate surface area is 174 Å².